The molecule has 3 rings (SSSR count). The van der Waals surface area contributed by atoms with Gasteiger partial charge < -0.3 is 9.32 Å². The number of rotatable bonds is 3. The molecule has 2 aromatic heterocycles. The predicted octanol–water partition coefficient (Wildman–Crippen LogP) is 5.18. The zero-order chi connectivity index (χ0) is 18.2. The van der Waals surface area contributed by atoms with E-state index in [0.717, 1.165) is 35.7 Å². The van der Waals surface area contributed by atoms with Gasteiger partial charge in [0.05, 0.1) is 11.8 Å². The van der Waals surface area contributed by atoms with Crippen LogP contribution in [0.3, 0.4) is 0 Å². The van der Waals surface area contributed by atoms with Crippen LogP contribution in [-0.2, 0) is 12.8 Å². The van der Waals surface area contributed by atoms with Crippen LogP contribution in [0.2, 0.25) is 0 Å². The Labute approximate surface area is 153 Å². The molecule has 0 unspecified atom stereocenters. The summed E-state index contributed by atoms with van der Waals surface area (Å²) in [6, 6.07) is 6.19. The van der Waals surface area contributed by atoms with E-state index < -0.39 is 0 Å². The second-order valence-electron chi connectivity index (χ2n) is 7.93. The number of nitrogens with zero attached hydrogens (tertiary/aromatic N) is 3. The lowest BCUT2D eigenvalue weighted by Gasteiger charge is -2.33. The first-order valence-electron chi connectivity index (χ1n) is 8.65. The third-order valence-corrected chi connectivity index (χ3v) is 6.11. The maximum atomic E-state index is 9.62. The Morgan fingerprint density at radius 1 is 1.36 bits per heavy atom. The maximum Gasteiger partial charge on any atom is 0.195 e. The molecule has 0 saturated heterocycles. The molecular formula is C20H25N3OS. The molecule has 0 radical (unpaired) electrons. The minimum Gasteiger partial charge on any atom is -0.440 e. The Morgan fingerprint density at radius 3 is 2.72 bits per heavy atom. The van der Waals surface area contributed by atoms with E-state index in [1.54, 1.807) is 17.6 Å². The first-order valence-corrected chi connectivity index (χ1v) is 9.47. The monoisotopic (exact) mass is 355 g/mol. The Hall–Kier alpha value is -2.06. The zero-order valence-electron chi connectivity index (χ0n) is 15.6. The fourth-order valence-electron chi connectivity index (χ4n) is 3.29. The van der Waals surface area contributed by atoms with E-state index in [1.165, 1.54) is 10.4 Å². The van der Waals surface area contributed by atoms with Crippen LogP contribution in [0.25, 0.3) is 0 Å². The molecule has 0 aromatic carbocycles. The summed E-state index contributed by atoms with van der Waals surface area (Å²) in [5.74, 6) is 2.15. The molecule has 1 aliphatic rings. The van der Waals surface area contributed by atoms with Crippen molar-refractivity contribution in [2.75, 3.05) is 19.0 Å². The zero-order valence-corrected chi connectivity index (χ0v) is 16.4. The number of thiophene rings is 1. The molecule has 0 amide bonds. The largest absolute Gasteiger partial charge is 0.440 e. The van der Waals surface area contributed by atoms with Crippen molar-refractivity contribution in [3.8, 4) is 6.07 Å². The number of furan rings is 1. The molecule has 1 atom stereocenters. The number of nitriles is 1. The summed E-state index contributed by atoms with van der Waals surface area (Å²) in [5, 5.41) is 10.4. The molecule has 4 nitrogen and oxygen atoms in total. The fraction of sp³-hybridized carbons (Fsp3) is 0.500. The van der Waals surface area contributed by atoms with Crippen molar-refractivity contribution in [3.05, 3.63) is 33.9 Å². The number of hydrogen-bond donors (Lipinski definition) is 0. The van der Waals surface area contributed by atoms with Crippen molar-refractivity contribution < 1.29 is 4.42 Å². The van der Waals surface area contributed by atoms with E-state index >= 15 is 0 Å². The van der Waals surface area contributed by atoms with Crippen LogP contribution in [0, 0.1) is 22.7 Å². The maximum absolute atomic E-state index is 9.62. The van der Waals surface area contributed by atoms with Gasteiger partial charge in [0, 0.05) is 25.0 Å². The Morgan fingerprint density at radius 2 is 2.12 bits per heavy atom. The molecule has 1 aliphatic carbocycles. The minimum absolute atomic E-state index is 0.300. The molecule has 0 bridgehead atoms. The highest BCUT2D eigenvalue weighted by molar-refractivity contribution is 7.16. The molecule has 0 saturated carbocycles. The van der Waals surface area contributed by atoms with Gasteiger partial charge >= 0.3 is 0 Å². The van der Waals surface area contributed by atoms with Crippen LogP contribution in [0.15, 0.2) is 21.5 Å². The quantitative estimate of drug-likeness (QED) is 0.713. The third-order valence-electron chi connectivity index (χ3n) is 4.95. The second kappa shape index (κ2) is 6.68. The van der Waals surface area contributed by atoms with E-state index in [1.807, 2.05) is 31.1 Å². The standard InChI is InChI=1S/C20H25N3OS/c1-20(2,3)13-6-8-15-16(11-21)19(25-17(15)10-13)22-12-14-7-9-18(24-14)23(4)5/h7,9,12-13H,6,8,10H2,1-5H3/t13-/m0/s1. The smallest absolute Gasteiger partial charge is 0.195 e. The lowest BCUT2D eigenvalue weighted by molar-refractivity contribution is 0.218. The van der Waals surface area contributed by atoms with Gasteiger partial charge in [-0.2, -0.15) is 5.26 Å². The first kappa shape index (κ1) is 17.8. The molecule has 0 N–H and O–H groups in total. The molecule has 132 valence electrons. The van der Waals surface area contributed by atoms with Crippen molar-refractivity contribution in [2.45, 2.75) is 40.0 Å². The fourth-order valence-corrected chi connectivity index (χ4v) is 4.51. The summed E-state index contributed by atoms with van der Waals surface area (Å²) >= 11 is 1.67. The topological polar surface area (TPSA) is 52.5 Å². The van der Waals surface area contributed by atoms with Crippen LogP contribution >= 0.6 is 11.3 Å². The number of hydrogen-bond acceptors (Lipinski definition) is 5. The predicted molar refractivity (Wildman–Crippen MR) is 104 cm³/mol. The third kappa shape index (κ3) is 3.64. The van der Waals surface area contributed by atoms with E-state index in [9.17, 15) is 5.26 Å². The van der Waals surface area contributed by atoms with Gasteiger partial charge in [0.25, 0.3) is 0 Å². The van der Waals surface area contributed by atoms with Crippen LogP contribution in [0.1, 0.15) is 49.0 Å². The van der Waals surface area contributed by atoms with Crippen molar-refractivity contribution >= 4 is 28.4 Å². The summed E-state index contributed by atoms with van der Waals surface area (Å²) in [6.07, 6.45) is 4.90. The van der Waals surface area contributed by atoms with Crippen LogP contribution < -0.4 is 4.90 Å². The summed E-state index contributed by atoms with van der Waals surface area (Å²) in [7, 11) is 3.87. The number of anilines is 1. The van der Waals surface area contributed by atoms with Gasteiger partial charge in [-0.05, 0) is 42.2 Å². The highest BCUT2D eigenvalue weighted by Crippen LogP contribution is 2.44. The van der Waals surface area contributed by atoms with Gasteiger partial charge in [0.15, 0.2) is 5.88 Å². The molecule has 2 heterocycles. The molecular weight excluding hydrogens is 330 g/mol. The normalized spacial score (nSPS) is 17.5. The average molecular weight is 356 g/mol. The average Bonchev–Trinajstić information content (AvgIpc) is 3.15. The Balaban J connectivity index is 1.87. The van der Waals surface area contributed by atoms with Crippen LogP contribution in [-0.4, -0.2) is 20.3 Å². The van der Waals surface area contributed by atoms with Crippen molar-refractivity contribution in [1.29, 1.82) is 5.26 Å². The summed E-state index contributed by atoms with van der Waals surface area (Å²) < 4.78 is 5.70. The van der Waals surface area contributed by atoms with Gasteiger partial charge in [-0.3, -0.25) is 0 Å². The van der Waals surface area contributed by atoms with Crippen molar-refractivity contribution in [3.63, 3.8) is 0 Å². The highest BCUT2D eigenvalue weighted by Gasteiger charge is 2.32. The van der Waals surface area contributed by atoms with Gasteiger partial charge in [-0.15, -0.1) is 11.3 Å². The van der Waals surface area contributed by atoms with Crippen molar-refractivity contribution in [1.82, 2.24) is 0 Å². The first-order chi connectivity index (χ1) is 11.8. The lowest BCUT2D eigenvalue weighted by Crippen LogP contribution is -2.26. The Bertz CT molecular complexity index is 830. The Kier molecular flexibility index (Phi) is 4.75. The summed E-state index contributed by atoms with van der Waals surface area (Å²) in [4.78, 5) is 7.82. The van der Waals surface area contributed by atoms with E-state index in [2.05, 4.69) is 31.8 Å². The van der Waals surface area contributed by atoms with Crippen molar-refractivity contribution in [2.24, 2.45) is 16.3 Å². The van der Waals surface area contributed by atoms with Gasteiger partial charge in [0.2, 0.25) is 0 Å². The van der Waals surface area contributed by atoms with Gasteiger partial charge in [-0.25, -0.2) is 4.99 Å². The highest BCUT2D eigenvalue weighted by atomic mass is 32.1. The SMILES string of the molecule is CN(C)c1ccc(C=Nc2sc3c(c2C#N)CC[C@H](C(C)(C)C)C3)o1. The second-order valence-corrected chi connectivity index (χ2v) is 9.01. The summed E-state index contributed by atoms with van der Waals surface area (Å²) in [5.41, 5.74) is 2.27. The molecule has 2 aromatic rings. The molecule has 0 spiro atoms. The van der Waals surface area contributed by atoms with Gasteiger partial charge in [-0.1, -0.05) is 20.8 Å². The number of fused-ring (bicyclic) bond motifs is 1. The van der Waals surface area contributed by atoms with E-state index in [-0.39, 0.29) is 0 Å². The minimum atomic E-state index is 0.300. The molecule has 5 heteroatoms. The van der Waals surface area contributed by atoms with Crippen LogP contribution in [0.4, 0.5) is 10.9 Å². The number of aliphatic imine (C=N–C) groups is 1. The molecule has 25 heavy (non-hydrogen) atoms. The lowest BCUT2D eigenvalue weighted by atomic mass is 9.72. The van der Waals surface area contributed by atoms with Crippen LogP contribution in [0.5, 0.6) is 0 Å². The molecule has 0 aliphatic heterocycles. The van der Waals surface area contributed by atoms with Gasteiger partial charge in [0.1, 0.15) is 16.8 Å². The molecule has 0 fully saturated rings. The van der Waals surface area contributed by atoms with E-state index in [4.69, 9.17) is 4.42 Å². The summed E-state index contributed by atoms with van der Waals surface area (Å²) in [6.45, 7) is 6.92. The van der Waals surface area contributed by atoms with E-state index in [0.29, 0.717) is 17.1 Å².